The highest BCUT2D eigenvalue weighted by Gasteiger charge is 2.36. The third-order valence-electron chi connectivity index (χ3n) is 3.93. The van der Waals surface area contributed by atoms with E-state index in [1.54, 1.807) is 6.92 Å². The minimum absolute atomic E-state index is 0.232. The summed E-state index contributed by atoms with van der Waals surface area (Å²) in [6.07, 6.45) is -3.10. The van der Waals surface area contributed by atoms with Crippen molar-refractivity contribution in [2.45, 2.75) is 64.3 Å². The maximum absolute atomic E-state index is 12.2. The molecule has 3 unspecified atom stereocenters. The number of hydrogen-bond acceptors (Lipinski definition) is 2. The first-order chi connectivity index (χ1) is 8.63. The summed E-state index contributed by atoms with van der Waals surface area (Å²) < 4.78 is 36.5. The molecule has 1 saturated heterocycles. The van der Waals surface area contributed by atoms with Crippen LogP contribution >= 0.6 is 0 Å². The smallest absolute Gasteiger partial charge is 0.344 e. The molecular formula is C13H23F3N2O. The molecule has 0 spiro atoms. The quantitative estimate of drug-likeness (QED) is 0.790. The molecule has 1 aliphatic rings. The molecule has 3 atom stereocenters. The van der Waals surface area contributed by atoms with E-state index in [2.05, 4.69) is 18.7 Å². The lowest BCUT2D eigenvalue weighted by molar-refractivity contribution is -0.147. The van der Waals surface area contributed by atoms with Gasteiger partial charge in [-0.3, -0.25) is 9.69 Å². The van der Waals surface area contributed by atoms with Crippen LogP contribution in [0.1, 0.15) is 40.0 Å². The van der Waals surface area contributed by atoms with E-state index in [4.69, 9.17) is 0 Å². The van der Waals surface area contributed by atoms with Gasteiger partial charge in [-0.2, -0.15) is 13.2 Å². The first-order valence-electron chi connectivity index (χ1n) is 6.72. The molecule has 0 N–H and O–H groups in total. The maximum atomic E-state index is 12.2. The summed E-state index contributed by atoms with van der Waals surface area (Å²) in [6, 6.07) is 0.265. The van der Waals surface area contributed by atoms with E-state index in [1.807, 2.05) is 0 Å². The lowest BCUT2D eigenvalue weighted by Crippen LogP contribution is -2.50. The molecule has 3 nitrogen and oxygen atoms in total. The van der Waals surface area contributed by atoms with Gasteiger partial charge in [-0.25, -0.2) is 0 Å². The number of amides is 1. The van der Waals surface area contributed by atoms with Crippen LogP contribution in [-0.2, 0) is 4.79 Å². The van der Waals surface area contributed by atoms with Gasteiger partial charge in [0.2, 0.25) is 5.91 Å². The van der Waals surface area contributed by atoms with Crippen LogP contribution in [0.25, 0.3) is 0 Å². The highest BCUT2D eigenvalue weighted by atomic mass is 19.4. The van der Waals surface area contributed by atoms with Crippen molar-refractivity contribution >= 4 is 5.91 Å². The van der Waals surface area contributed by atoms with E-state index in [1.165, 1.54) is 11.9 Å². The van der Waals surface area contributed by atoms with Crippen LogP contribution in [0.3, 0.4) is 0 Å². The molecule has 1 fully saturated rings. The minimum Gasteiger partial charge on any atom is -0.344 e. The van der Waals surface area contributed by atoms with Gasteiger partial charge in [-0.1, -0.05) is 0 Å². The van der Waals surface area contributed by atoms with Crippen LogP contribution < -0.4 is 0 Å². The Balaban J connectivity index is 2.56. The fourth-order valence-electron chi connectivity index (χ4n) is 2.83. The summed E-state index contributed by atoms with van der Waals surface area (Å²) in [4.78, 5) is 15.4. The molecule has 0 aromatic heterocycles. The van der Waals surface area contributed by atoms with E-state index < -0.39 is 12.6 Å². The van der Waals surface area contributed by atoms with Gasteiger partial charge >= 0.3 is 6.18 Å². The third-order valence-corrected chi connectivity index (χ3v) is 3.93. The number of likely N-dealkylation sites (tertiary alicyclic amines) is 1. The van der Waals surface area contributed by atoms with Crippen LogP contribution in [0.4, 0.5) is 13.2 Å². The molecule has 0 saturated carbocycles. The Morgan fingerprint density at radius 1 is 1.32 bits per heavy atom. The number of nitrogens with zero attached hydrogens (tertiary/aromatic N) is 2. The van der Waals surface area contributed by atoms with E-state index >= 15 is 0 Å². The van der Waals surface area contributed by atoms with Crippen molar-refractivity contribution in [2.24, 2.45) is 0 Å². The Morgan fingerprint density at radius 2 is 1.79 bits per heavy atom. The van der Waals surface area contributed by atoms with Crippen molar-refractivity contribution in [3.63, 3.8) is 0 Å². The summed E-state index contributed by atoms with van der Waals surface area (Å²) in [6.45, 7) is 5.63. The highest BCUT2D eigenvalue weighted by molar-refractivity contribution is 5.81. The largest absolute Gasteiger partial charge is 0.390 e. The molecule has 0 aromatic rings. The van der Waals surface area contributed by atoms with Gasteiger partial charge in [0.15, 0.2) is 0 Å². The number of carbonyl (C=O) groups excluding carboxylic acids is 1. The predicted octanol–water partition coefficient (Wildman–Crippen LogP) is 2.66. The zero-order valence-corrected chi connectivity index (χ0v) is 12.0. The van der Waals surface area contributed by atoms with E-state index in [-0.39, 0.29) is 18.5 Å². The SMILES string of the molecule is CC1CCC(C)N1C(C)C(=O)N(C)CCC(F)(F)F. The first kappa shape index (κ1) is 16.3. The summed E-state index contributed by atoms with van der Waals surface area (Å²) >= 11 is 0. The Labute approximate surface area is 112 Å². The van der Waals surface area contributed by atoms with Crippen molar-refractivity contribution in [3.8, 4) is 0 Å². The van der Waals surface area contributed by atoms with Crippen LogP contribution in [0.5, 0.6) is 0 Å². The normalized spacial score (nSPS) is 26.5. The summed E-state index contributed by atoms with van der Waals surface area (Å²) in [5, 5.41) is 0. The third kappa shape index (κ3) is 4.37. The van der Waals surface area contributed by atoms with Crippen LogP contribution in [-0.4, -0.2) is 53.6 Å². The van der Waals surface area contributed by atoms with Crippen LogP contribution in [0.15, 0.2) is 0 Å². The second kappa shape index (κ2) is 6.11. The minimum atomic E-state index is -4.22. The Bertz CT molecular complexity index is 310. The van der Waals surface area contributed by atoms with E-state index in [9.17, 15) is 18.0 Å². The monoisotopic (exact) mass is 280 g/mol. The fraction of sp³-hybridized carbons (Fsp3) is 0.923. The Kier molecular flexibility index (Phi) is 5.24. The van der Waals surface area contributed by atoms with E-state index in [0.717, 1.165) is 12.8 Å². The highest BCUT2D eigenvalue weighted by Crippen LogP contribution is 2.27. The van der Waals surface area contributed by atoms with Gasteiger partial charge in [0.05, 0.1) is 12.5 Å². The van der Waals surface area contributed by atoms with Crippen LogP contribution in [0.2, 0.25) is 0 Å². The maximum Gasteiger partial charge on any atom is 0.390 e. The molecule has 0 bridgehead atoms. The van der Waals surface area contributed by atoms with Crippen LogP contribution in [0, 0.1) is 0 Å². The van der Waals surface area contributed by atoms with Crippen molar-refractivity contribution in [1.29, 1.82) is 0 Å². The molecular weight excluding hydrogens is 257 g/mol. The van der Waals surface area contributed by atoms with Gasteiger partial charge in [-0.15, -0.1) is 0 Å². The molecule has 6 heteroatoms. The van der Waals surface area contributed by atoms with Crippen molar-refractivity contribution in [3.05, 3.63) is 0 Å². The topological polar surface area (TPSA) is 23.6 Å². The number of rotatable bonds is 4. The molecule has 0 aromatic carbocycles. The number of likely N-dealkylation sites (N-methyl/N-ethyl adjacent to an activating group) is 1. The van der Waals surface area contributed by atoms with Crippen molar-refractivity contribution in [2.75, 3.05) is 13.6 Å². The lowest BCUT2D eigenvalue weighted by atomic mass is 10.2. The van der Waals surface area contributed by atoms with Gasteiger partial charge in [-0.05, 0) is 33.6 Å². The standard InChI is InChI=1S/C13H23F3N2O/c1-9-5-6-10(2)18(9)11(3)12(19)17(4)8-7-13(14,15)16/h9-11H,5-8H2,1-4H3. The molecule has 0 radical (unpaired) electrons. The van der Waals surface area contributed by atoms with Gasteiger partial charge < -0.3 is 4.90 Å². The molecule has 1 amide bonds. The second-order valence-corrected chi connectivity index (χ2v) is 5.52. The average Bonchev–Trinajstić information content (AvgIpc) is 2.63. The fourth-order valence-corrected chi connectivity index (χ4v) is 2.83. The first-order valence-corrected chi connectivity index (χ1v) is 6.72. The van der Waals surface area contributed by atoms with Gasteiger partial charge in [0.1, 0.15) is 0 Å². The molecule has 1 aliphatic heterocycles. The second-order valence-electron chi connectivity index (χ2n) is 5.52. The van der Waals surface area contributed by atoms with Crippen molar-refractivity contribution in [1.82, 2.24) is 9.80 Å². The Hall–Kier alpha value is -0.780. The molecule has 0 aliphatic carbocycles. The molecule has 1 heterocycles. The number of halogens is 3. The number of alkyl halides is 3. The zero-order valence-electron chi connectivity index (χ0n) is 12.0. The summed E-state index contributed by atoms with van der Waals surface area (Å²) in [5.74, 6) is -0.232. The molecule has 19 heavy (non-hydrogen) atoms. The van der Waals surface area contributed by atoms with Gasteiger partial charge in [0.25, 0.3) is 0 Å². The number of carbonyl (C=O) groups is 1. The lowest BCUT2D eigenvalue weighted by Gasteiger charge is -2.34. The zero-order chi connectivity index (χ0) is 14.8. The summed E-state index contributed by atoms with van der Waals surface area (Å²) in [7, 11) is 1.44. The number of hydrogen-bond donors (Lipinski definition) is 0. The average molecular weight is 280 g/mol. The van der Waals surface area contributed by atoms with Crippen molar-refractivity contribution < 1.29 is 18.0 Å². The molecule has 1 rings (SSSR count). The van der Waals surface area contributed by atoms with E-state index in [0.29, 0.717) is 12.1 Å². The predicted molar refractivity (Wildman–Crippen MR) is 67.8 cm³/mol. The Morgan fingerprint density at radius 3 is 2.21 bits per heavy atom. The molecule has 112 valence electrons. The summed E-state index contributed by atoms with van der Waals surface area (Å²) in [5.41, 5.74) is 0. The van der Waals surface area contributed by atoms with Gasteiger partial charge in [0, 0.05) is 25.7 Å².